The van der Waals surface area contributed by atoms with Gasteiger partial charge in [0.2, 0.25) is 0 Å². The van der Waals surface area contributed by atoms with Gasteiger partial charge in [0.25, 0.3) is 0 Å². The first kappa shape index (κ1) is 10.2. The standard InChI is InChI=1S/C12H14FNO2/c13-10-4-2-1-3-9(10)11-12(7-15-8-12)16-6-5-14-11/h1-4,11,14H,5-8H2. The van der Waals surface area contributed by atoms with Crippen molar-refractivity contribution >= 4 is 0 Å². The highest BCUT2D eigenvalue weighted by molar-refractivity contribution is 5.26. The van der Waals surface area contributed by atoms with Gasteiger partial charge in [0, 0.05) is 12.1 Å². The van der Waals surface area contributed by atoms with Gasteiger partial charge in [-0.1, -0.05) is 18.2 Å². The number of hydrogen-bond donors (Lipinski definition) is 1. The van der Waals surface area contributed by atoms with E-state index in [-0.39, 0.29) is 17.5 Å². The number of hydrogen-bond acceptors (Lipinski definition) is 3. The molecule has 0 saturated carbocycles. The van der Waals surface area contributed by atoms with Crippen LogP contribution in [-0.4, -0.2) is 32.0 Å². The minimum absolute atomic E-state index is 0.101. The van der Waals surface area contributed by atoms with Gasteiger partial charge in [-0.25, -0.2) is 4.39 Å². The monoisotopic (exact) mass is 223 g/mol. The lowest BCUT2D eigenvalue weighted by Crippen LogP contribution is -2.63. The maximum atomic E-state index is 13.7. The molecule has 1 unspecified atom stereocenters. The molecule has 2 fully saturated rings. The molecule has 2 heterocycles. The number of halogens is 1. The number of ether oxygens (including phenoxy) is 2. The summed E-state index contributed by atoms with van der Waals surface area (Å²) in [5.41, 5.74) is 0.311. The summed E-state index contributed by atoms with van der Waals surface area (Å²) in [5, 5.41) is 3.32. The second kappa shape index (κ2) is 3.80. The molecule has 4 heteroatoms. The van der Waals surface area contributed by atoms with Crippen LogP contribution in [0.3, 0.4) is 0 Å². The van der Waals surface area contributed by atoms with Gasteiger partial charge >= 0.3 is 0 Å². The van der Waals surface area contributed by atoms with Gasteiger partial charge in [0.15, 0.2) is 0 Å². The zero-order chi connectivity index (χ0) is 11.0. The fraction of sp³-hybridized carbons (Fsp3) is 0.500. The average Bonchev–Trinajstić information content (AvgIpc) is 2.28. The summed E-state index contributed by atoms with van der Waals surface area (Å²) < 4.78 is 24.7. The summed E-state index contributed by atoms with van der Waals surface area (Å²) >= 11 is 0. The molecule has 1 spiro atoms. The Balaban J connectivity index is 1.95. The molecule has 1 aromatic carbocycles. The van der Waals surface area contributed by atoms with E-state index in [1.54, 1.807) is 6.07 Å². The van der Waals surface area contributed by atoms with E-state index in [9.17, 15) is 4.39 Å². The fourth-order valence-electron chi connectivity index (χ4n) is 2.38. The van der Waals surface area contributed by atoms with Crippen molar-refractivity contribution in [2.45, 2.75) is 11.6 Å². The Hall–Kier alpha value is -0.970. The predicted octanol–water partition coefficient (Wildman–Crippen LogP) is 1.26. The highest BCUT2D eigenvalue weighted by atomic mass is 19.1. The van der Waals surface area contributed by atoms with Crippen LogP contribution in [0.1, 0.15) is 11.6 Å². The van der Waals surface area contributed by atoms with Crippen LogP contribution < -0.4 is 5.32 Å². The average molecular weight is 223 g/mol. The van der Waals surface area contributed by atoms with Gasteiger partial charge in [0.1, 0.15) is 11.4 Å². The van der Waals surface area contributed by atoms with E-state index in [1.165, 1.54) is 6.07 Å². The normalized spacial score (nSPS) is 27.7. The third kappa shape index (κ3) is 1.45. The third-order valence-corrected chi connectivity index (χ3v) is 3.28. The van der Waals surface area contributed by atoms with Crippen molar-refractivity contribution < 1.29 is 13.9 Å². The maximum Gasteiger partial charge on any atom is 0.134 e. The van der Waals surface area contributed by atoms with E-state index < -0.39 is 0 Å². The minimum atomic E-state index is -0.361. The van der Waals surface area contributed by atoms with E-state index in [4.69, 9.17) is 9.47 Å². The largest absolute Gasteiger partial charge is 0.375 e. The molecule has 16 heavy (non-hydrogen) atoms. The number of rotatable bonds is 1. The van der Waals surface area contributed by atoms with Gasteiger partial charge in [0.05, 0.1) is 25.9 Å². The summed E-state index contributed by atoms with van der Waals surface area (Å²) in [6.45, 7) is 2.49. The van der Waals surface area contributed by atoms with Crippen LogP contribution in [0.15, 0.2) is 24.3 Å². The third-order valence-electron chi connectivity index (χ3n) is 3.28. The van der Waals surface area contributed by atoms with Gasteiger partial charge < -0.3 is 14.8 Å². The molecule has 1 N–H and O–H groups in total. The van der Waals surface area contributed by atoms with E-state index in [2.05, 4.69) is 5.32 Å². The SMILES string of the molecule is Fc1ccccc1C1NCCOC12COC2. The summed E-state index contributed by atoms with van der Waals surface area (Å²) in [5.74, 6) is -0.184. The van der Waals surface area contributed by atoms with Crippen molar-refractivity contribution in [1.29, 1.82) is 0 Å². The van der Waals surface area contributed by atoms with Gasteiger partial charge in [-0.05, 0) is 6.07 Å². The van der Waals surface area contributed by atoms with Crippen LogP contribution >= 0.6 is 0 Å². The molecule has 1 atom stereocenters. The molecule has 2 aliphatic heterocycles. The van der Waals surface area contributed by atoms with Crippen LogP contribution in [-0.2, 0) is 9.47 Å². The lowest BCUT2D eigenvalue weighted by molar-refractivity contribution is -0.239. The molecule has 3 rings (SSSR count). The summed E-state index contributed by atoms with van der Waals surface area (Å²) in [7, 11) is 0. The molecule has 86 valence electrons. The first-order valence-corrected chi connectivity index (χ1v) is 5.51. The number of benzene rings is 1. The van der Waals surface area contributed by atoms with E-state index in [0.29, 0.717) is 25.4 Å². The molecule has 0 aromatic heterocycles. The Morgan fingerprint density at radius 2 is 2.12 bits per heavy atom. The van der Waals surface area contributed by atoms with Crippen LogP contribution in [0.5, 0.6) is 0 Å². The molecular formula is C12H14FNO2. The number of nitrogens with one attached hydrogen (secondary N) is 1. The van der Waals surface area contributed by atoms with Crippen molar-refractivity contribution in [1.82, 2.24) is 5.32 Å². The van der Waals surface area contributed by atoms with E-state index in [0.717, 1.165) is 6.54 Å². The molecule has 0 bridgehead atoms. The van der Waals surface area contributed by atoms with Crippen molar-refractivity contribution in [2.75, 3.05) is 26.4 Å². The molecule has 0 radical (unpaired) electrons. The van der Waals surface area contributed by atoms with Gasteiger partial charge in [-0.2, -0.15) is 0 Å². The zero-order valence-corrected chi connectivity index (χ0v) is 8.91. The minimum Gasteiger partial charge on any atom is -0.375 e. The highest BCUT2D eigenvalue weighted by Gasteiger charge is 2.50. The van der Waals surface area contributed by atoms with Crippen LogP contribution in [0, 0.1) is 5.82 Å². The van der Waals surface area contributed by atoms with Gasteiger partial charge in [-0.3, -0.25) is 0 Å². The van der Waals surface area contributed by atoms with Crippen LogP contribution in [0.25, 0.3) is 0 Å². The van der Waals surface area contributed by atoms with E-state index in [1.807, 2.05) is 12.1 Å². The van der Waals surface area contributed by atoms with E-state index >= 15 is 0 Å². The fourth-order valence-corrected chi connectivity index (χ4v) is 2.38. The van der Waals surface area contributed by atoms with Crippen molar-refractivity contribution in [2.24, 2.45) is 0 Å². The number of morpholine rings is 1. The maximum absolute atomic E-state index is 13.7. The second-order valence-corrected chi connectivity index (χ2v) is 4.31. The molecule has 0 amide bonds. The Morgan fingerprint density at radius 1 is 1.31 bits per heavy atom. The lowest BCUT2D eigenvalue weighted by atomic mass is 9.85. The molecule has 1 aromatic rings. The smallest absolute Gasteiger partial charge is 0.134 e. The second-order valence-electron chi connectivity index (χ2n) is 4.31. The first-order valence-electron chi connectivity index (χ1n) is 5.51. The summed E-state index contributed by atoms with van der Waals surface area (Å²) in [6.07, 6.45) is 0. The Kier molecular flexibility index (Phi) is 2.42. The molecule has 3 nitrogen and oxygen atoms in total. The van der Waals surface area contributed by atoms with Gasteiger partial charge in [-0.15, -0.1) is 0 Å². The summed E-state index contributed by atoms with van der Waals surface area (Å²) in [6, 6.07) is 6.74. The molecule has 2 aliphatic rings. The van der Waals surface area contributed by atoms with Crippen molar-refractivity contribution in [3.63, 3.8) is 0 Å². The summed E-state index contributed by atoms with van der Waals surface area (Å²) in [4.78, 5) is 0. The molecule has 0 aliphatic carbocycles. The Morgan fingerprint density at radius 3 is 2.81 bits per heavy atom. The van der Waals surface area contributed by atoms with Crippen LogP contribution in [0.4, 0.5) is 4.39 Å². The zero-order valence-electron chi connectivity index (χ0n) is 8.91. The highest BCUT2D eigenvalue weighted by Crippen LogP contribution is 2.38. The topological polar surface area (TPSA) is 30.5 Å². The van der Waals surface area contributed by atoms with Crippen molar-refractivity contribution in [3.8, 4) is 0 Å². The molecule has 2 saturated heterocycles. The predicted molar refractivity (Wildman–Crippen MR) is 56.6 cm³/mol. The Labute approximate surface area is 93.6 Å². The molecular weight excluding hydrogens is 209 g/mol. The van der Waals surface area contributed by atoms with Crippen LogP contribution in [0.2, 0.25) is 0 Å². The Bertz CT molecular complexity index is 392. The quantitative estimate of drug-likeness (QED) is 0.777. The first-order chi connectivity index (χ1) is 7.82. The lowest BCUT2D eigenvalue weighted by Gasteiger charge is -2.49. The van der Waals surface area contributed by atoms with Crippen molar-refractivity contribution in [3.05, 3.63) is 35.6 Å².